The summed E-state index contributed by atoms with van der Waals surface area (Å²) in [7, 11) is 1.71. The van der Waals surface area contributed by atoms with Crippen LogP contribution in [0.3, 0.4) is 0 Å². The van der Waals surface area contributed by atoms with Crippen molar-refractivity contribution in [1.29, 1.82) is 0 Å². The molecule has 0 radical (unpaired) electrons. The van der Waals surface area contributed by atoms with Crippen LogP contribution in [0.25, 0.3) is 0 Å². The maximum Gasteiger partial charge on any atom is 0.126 e. The summed E-state index contributed by atoms with van der Waals surface area (Å²) in [5, 5.41) is 0. The highest BCUT2D eigenvalue weighted by Gasteiger charge is 2.28. The Kier molecular flexibility index (Phi) is 4.29. The summed E-state index contributed by atoms with van der Waals surface area (Å²) < 4.78 is 12.5. The number of nitrogens with two attached hydrogens (primary N) is 1. The van der Waals surface area contributed by atoms with Crippen LogP contribution >= 0.6 is 15.9 Å². The first-order valence-corrected chi connectivity index (χ1v) is 7.76. The van der Waals surface area contributed by atoms with Crippen LogP contribution in [-0.4, -0.2) is 7.11 Å². The van der Waals surface area contributed by atoms with E-state index in [-0.39, 0.29) is 12.1 Å². The number of methoxy groups -OCH3 is 1. The molecule has 0 aliphatic carbocycles. The number of benzene rings is 2. The summed E-state index contributed by atoms with van der Waals surface area (Å²) in [6, 6.07) is 14.2. The molecular formula is C17H18BrNO2. The lowest BCUT2D eigenvalue weighted by Crippen LogP contribution is -2.24. The van der Waals surface area contributed by atoms with Crippen molar-refractivity contribution in [2.45, 2.75) is 25.2 Å². The van der Waals surface area contributed by atoms with Crippen LogP contribution in [0, 0.1) is 0 Å². The highest BCUT2D eigenvalue weighted by molar-refractivity contribution is 9.10. The fraction of sp³-hybridized carbons (Fsp3) is 0.294. The van der Waals surface area contributed by atoms with Crippen LogP contribution in [0.4, 0.5) is 0 Å². The molecule has 1 aliphatic rings. The molecule has 1 heterocycles. The maximum atomic E-state index is 6.33. The summed E-state index contributed by atoms with van der Waals surface area (Å²) in [6.07, 6.45) is 0.740. The first kappa shape index (κ1) is 14.6. The molecule has 2 unspecified atom stereocenters. The van der Waals surface area contributed by atoms with Crippen molar-refractivity contribution in [3.05, 3.63) is 63.6 Å². The Morgan fingerprint density at radius 2 is 2.05 bits per heavy atom. The smallest absolute Gasteiger partial charge is 0.126 e. The zero-order valence-electron chi connectivity index (χ0n) is 11.9. The van der Waals surface area contributed by atoms with E-state index in [2.05, 4.69) is 28.1 Å². The Hall–Kier alpha value is -1.36. The molecule has 2 atom stereocenters. The number of ether oxygens (including phenoxy) is 2. The zero-order chi connectivity index (χ0) is 14.8. The Balaban J connectivity index is 1.94. The van der Waals surface area contributed by atoms with Gasteiger partial charge in [-0.2, -0.15) is 0 Å². The van der Waals surface area contributed by atoms with E-state index in [1.54, 1.807) is 7.11 Å². The van der Waals surface area contributed by atoms with E-state index in [4.69, 9.17) is 15.2 Å². The van der Waals surface area contributed by atoms with Gasteiger partial charge in [0.1, 0.15) is 11.9 Å². The Morgan fingerprint density at radius 1 is 1.24 bits per heavy atom. The van der Waals surface area contributed by atoms with E-state index in [9.17, 15) is 0 Å². The molecule has 0 spiro atoms. The third-order valence-corrected chi connectivity index (χ3v) is 4.30. The van der Waals surface area contributed by atoms with Crippen molar-refractivity contribution in [2.24, 2.45) is 5.73 Å². The molecule has 3 rings (SSSR count). The summed E-state index contributed by atoms with van der Waals surface area (Å²) in [4.78, 5) is 0. The summed E-state index contributed by atoms with van der Waals surface area (Å²) in [6.45, 7) is 0.582. The number of fused-ring (bicyclic) bond motifs is 1. The van der Waals surface area contributed by atoms with Crippen LogP contribution in [0.2, 0.25) is 0 Å². The highest BCUT2D eigenvalue weighted by Crippen LogP contribution is 2.41. The minimum Gasteiger partial charge on any atom is -0.485 e. The van der Waals surface area contributed by atoms with Gasteiger partial charge in [0.2, 0.25) is 0 Å². The molecule has 0 fully saturated rings. The molecule has 2 aromatic carbocycles. The fourth-order valence-electron chi connectivity index (χ4n) is 2.80. The van der Waals surface area contributed by atoms with E-state index in [1.165, 1.54) is 0 Å². The van der Waals surface area contributed by atoms with Gasteiger partial charge in [0.05, 0.1) is 6.61 Å². The Morgan fingerprint density at radius 3 is 2.86 bits per heavy atom. The lowest BCUT2D eigenvalue weighted by atomic mass is 9.91. The van der Waals surface area contributed by atoms with Gasteiger partial charge in [-0.05, 0) is 29.3 Å². The maximum absolute atomic E-state index is 6.33. The molecule has 0 saturated heterocycles. The lowest BCUT2D eigenvalue weighted by Gasteiger charge is -2.31. The zero-order valence-corrected chi connectivity index (χ0v) is 13.5. The third-order valence-electron chi connectivity index (χ3n) is 3.81. The van der Waals surface area contributed by atoms with Crippen molar-refractivity contribution < 1.29 is 9.47 Å². The second-order valence-electron chi connectivity index (χ2n) is 5.26. The highest BCUT2D eigenvalue weighted by atomic mass is 79.9. The van der Waals surface area contributed by atoms with Gasteiger partial charge in [0, 0.05) is 29.6 Å². The van der Waals surface area contributed by atoms with Gasteiger partial charge in [-0.15, -0.1) is 0 Å². The second-order valence-corrected chi connectivity index (χ2v) is 6.18. The van der Waals surface area contributed by atoms with Gasteiger partial charge in [-0.3, -0.25) is 0 Å². The van der Waals surface area contributed by atoms with Crippen LogP contribution < -0.4 is 10.5 Å². The molecule has 1 aliphatic heterocycles. The Bertz CT molecular complexity index is 644. The van der Waals surface area contributed by atoms with Crippen molar-refractivity contribution in [2.75, 3.05) is 7.11 Å². The monoisotopic (exact) mass is 347 g/mol. The van der Waals surface area contributed by atoms with E-state index in [1.807, 2.05) is 30.3 Å². The summed E-state index contributed by atoms with van der Waals surface area (Å²) in [5.74, 6) is 0.870. The molecule has 0 bridgehead atoms. The fourth-order valence-corrected chi connectivity index (χ4v) is 3.18. The van der Waals surface area contributed by atoms with Gasteiger partial charge >= 0.3 is 0 Å². The number of halogens is 1. The largest absolute Gasteiger partial charge is 0.485 e. The Labute approximate surface area is 133 Å². The first-order chi connectivity index (χ1) is 10.2. The van der Waals surface area contributed by atoms with E-state index >= 15 is 0 Å². The summed E-state index contributed by atoms with van der Waals surface area (Å²) >= 11 is 3.48. The average Bonchev–Trinajstić information content (AvgIpc) is 2.49. The molecule has 0 saturated carbocycles. The third kappa shape index (κ3) is 2.98. The number of hydrogen-bond donors (Lipinski definition) is 1. The van der Waals surface area contributed by atoms with Gasteiger partial charge < -0.3 is 15.2 Å². The molecule has 110 valence electrons. The van der Waals surface area contributed by atoms with Crippen LogP contribution in [-0.2, 0) is 11.3 Å². The van der Waals surface area contributed by atoms with Crippen molar-refractivity contribution in [3.63, 3.8) is 0 Å². The van der Waals surface area contributed by atoms with E-state index in [0.717, 1.165) is 33.3 Å². The van der Waals surface area contributed by atoms with E-state index < -0.39 is 0 Å². The standard InChI is InChI=1S/C17H18BrNO2/c1-20-10-11-4-2-3-5-13(11)17-9-15(19)14-8-12(18)6-7-16(14)21-17/h2-8,15,17H,9-10,19H2,1H3. The van der Waals surface area contributed by atoms with E-state index in [0.29, 0.717) is 6.61 Å². The predicted molar refractivity (Wildman–Crippen MR) is 86.2 cm³/mol. The van der Waals surface area contributed by atoms with Gasteiger partial charge in [-0.25, -0.2) is 0 Å². The second kappa shape index (κ2) is 6.18. The molecule has 2 aromatic rings. The van der Waals surface area contributed by atoms with Crippen molar-refractivity contribution in [1.82, 2.24) is 0 Å². The summed E-state index contributed by atoms with van der Waals surface area (Å²) in [5.41, 5.74) is 9.70. The van der Waals surface area contributed by atoms with Gasteiger partial charge in [-0.1, -0.05) is 40.2 Å². The molecular weight excluding hydrogens is 330 g/mol. The molecule has 21 heavy (non-hydrogen) atoms. The van der Waals surface area contributed by atoms with Gasteiger partial charge in [0.25, 0.3) is 0 Å². The van der Waals surface area contributed by atoms with Crippen molar-refractivity contribution in [3.8, 4) is 5.75 Å². The number of rotatable bonds is 3. The van der Waals surface area contributed by atoms with Crippen molar-refractivity contribution >= 4 is 15.9 Å². The van der Waals surface area contributed by atoms with Crippen LogP contribution in [0.5, 0.6) is 5.75 Å². The lowest BCUT2D eigenvalue weighted by molar-refractivity contribution is 0.151. The molecule has 3 nitrogen and oxygen atoms in total. The quantitative estimate of drug-likeness (QED) is 0.908. The average molecular weight is 348 g/mol. The molecule has 0 amide bonds. The van der Waals surface area contributed by atoms with Gasteiger partial charge in [0.15, 0.2) is 0 Å². The first-order valence-electron chi connectivity index (χ1n) is 6.97. The molecule has 2 N–H and O–H groups in total. The minimum atomic E-state index is -0.0278. The molecule has 4 heteroatoms. The van der Waals surface area contributed by atoms with Crippen LogP contribution in [0.15, 0.2) is 46.9 Å². The minimum absolute atomic E-state index is 0.0214. The molecule has 0 aromatic heterocycles. The SMILES string of the molecule is COCc1ccccc1C1CC(N)c2cc(Br)ccc2O1. The number of hydrogen-bond acceptors (Lipinski definition) is 3. The normalized spacial score (nSPS) is 20.7. The van der Waals surface area contributed by atoms with Crippen LogP contribution in [0.1, 0.15) is 35.3 Å². The predicted octanol–water partition coefficient (Wildman–Crippen LogP) is 4.12. The topological polar surface area (TPSA) is 44.5 Å².